The van der Waals surface area contributed by atoms with E-state index >= 15 is 0 Å². The number of piperidine rings is 1. The summed E-state index contributed by atoms with van der Waals surface area (Å²) in [6, 6.07) is 0. The van der Waals surface area contributed by atoms with Crippen molar-refractivity contribution in [3.8, 4) is 0 Å². The van der Waals surface area contributed by atoms with Gasteiger partial charge >= 0.3 is 0 Å². The molecule has 0 spiro atoms. The Bertz CT molecular complexity index is 528. The third kappa shape index (κ3) is 2.83. The van der Waals surface area contributed by atoms with Gasteiger partial charge in [0.05, 0.1) is 20.2 Å². The van der Waals surface area contributed by atoms with Crippen molar-refractivity contribution in [3.05, 3.63) is 5.82 Å². The van der Waals surface area contributed by atoms with Crippen LogP contribution in [0.4, 0.5) is 0 Å². The number of nitrogens with zero attached hydrogens (tertiary/aromatic N) is 5. The molecule has 2 aliphatic rings. The smallest absolute Gasteiger partial charge is 0.255 e. The fourth-order valence-corrected chi connectivity index (χ4v) is 3.04. The maximum atomic E-state index is 12.9. The zero-order valence-electron chi connectivity index (χ0n) is 13.0. The van der Waals surface area contributed by atoms with Gasteiger partial charge < -0.3 is 19.7 Å². The second kappa shape index (κ2) is 6.27. The minimum absolute atomic E-state index is 0.0358. The maximum Gasteiger partial charge on any atom is 0.255 e. The van der Waals surface area contributed by atoms with Crippen molar-refractivity contribution < 1.29 is 14.3 Å². The van der Waals surface area contributed by atoms with Gasteiger partial charge in [-0.2, -0.15) is 4.80 Å². The summed E-state index contributed by atoms with van der Waals surface area (Å²) in [6.07, 6.45) is 1.05. The molecule has 0 aliphatic carbocycles. The summed E-state index contributed by atoms with van der Waals surface area (Å²) >= 11 is 0. The van der Waals surface area contributed by atoms with Gasteiger partial charge in [0, 0.05) is 13.7 Å². The number of carbonyl (C=O) groups excluding carboxylic acids is 1. The quantitative estimate of drug-likeness (QED) is 0.755. The van der Waals surface area contributed by atoms with E-state index in [1.807, 2.05) is 0 Å². The van der Waals surface area contributed by atoms with Crippen LogP contribution >= 0.6 is 0 Å². The lowest BCUT2D eigenvalue weighted by Crippen LogP contribution is -2.57. The predicted molar refractivity (Wildman–Crippen MR) is 75.9 cm³/mol. The molecule has 1 aromatic heterocycles. The highest BCUT2D eigenvalue weighted by Gasteiger charge is 2.44. The molecule has 2 fully saturated rings. The van der Waals surface area contributed by atoms with E-state index in [4.69, 9.17) is 9.47 Å². The molecule has 0 radical (unpaired) electrons. The number of hydrogen-bond donors (Lipinski definition) is 1. The number of ether oxygens (including phenoxy) is 2. The summed E-state index contributed by atoms with van der Waals surface area (Å²) in [6.45, 7) is 3.04. The van der Waals surface area contributed by atoms with Gasteiger partial charge in [-0.15, -0.1) is 10.2 Å². The number of aryl methyl sites for hydroxylation is 1. The Labute approximate surface area is 128 Å². The van der Waals surface area contributed by atoms with Crippen molar-refractivity contribution in [3.63, 3.8) is 0 Å². The molecular weight excluding hydrogens is 288 g/mol. The Hall–Kier alpha value is -1.58. The number of rotatable bonds is 3. The molecule has 1 unspecified atom stereocenters. The van der Waals surface area contributed by atoms with Crippen molar-refractivity contribution in [2.45, 2.75) is 24.5 Å². The van der Waals surface area contributed by atoms with Crippen molar-refractivity contribution in [2.75, 3.05) is 39.9 Å². The standard InChI is InChI=1S/C13H22N6O3/c1-18-16-11(15-17-18)10-9-19(7-8-22-10)12(20)13(21-2)3-5-14-6-4-13/h10,14H,3-9H2,1-2H3. The van der Waals surface area contributed by atoms with Crippen LogP contribution in [0.15, 0.2) is 0 Å². The van der Waals surface area contributed by atoms with E-state index in [0.29, 0.717) is 38.4 Å². The van der Waals surface area contributed by atoms with Crippen LogP contribution in [-0.2, 0) is 21.3 Å². The fourth-order valence-electron chi connectivity index (χ4n) is 3.04. The Morgan fingerprint density at radius 2 is 2.23 bits per heavy atom. The Balaban J connectivity index is 1.72. The van der Waals surface area contributed by atoms with Gasteiger partial charge in [0.2, 0.25) is 5.82 Å². The normalized spacial score (nSPS) is 25.2. The molecule has 1 atom stereocenters. The topological polar surface area (TPSA) is 94.4 Å². The van der Waals surface area contributed by atoms with Crippen LogP contribution in [0.2, 0.25) is 0 Å². The van der Waals surface area contributed by atoms with E-state index in [1.54, 1.807) is 19.1 Å². The van der Waals surface area contributed by atoms with Gasteiger partial charge in [-0.3, -0.25) is 4.79 Å². The van der Waals surface area contributed by atoms with Crippen molar-refractivity contribution in [2.24, 2.45) is 7.05 Å². The summed E-state index contributed by atoms with van der Waals surface area (Å²) in [5.41, 5.74) is -0.719. The molecule has 0 saturated carbocycles. The van der Waals surface area contributed by atoms with Gasteiger partial charge in [0.25, 0.3) is 5.91 Å². The first-order chi connectivity index (χ1) is 10.6. The van der Waals surface area contributed by atoms with Crippen molar-refractivity contribution >= 4 is 5.91 Å². The molecule has 22 heavy (non-hydrogen) atoms. The number of nitrogens with one attached hydrogen (secondary N) is 1. The van der Waals surface area contributed by atoms with Gasteiger partial charge in [-0.1, -0.05) is 0 Å². The van der Waals surface area contributed by atoms with Gasteiger partial charge in [-0.25, -0.2) is 0 Å². The summed E-state index contributed by atoms with van der Waals surface area (Å²) in [5.74, 6) is 0.547. The first kappa shape index (κ1) is 15.3. The fraction of sp³-hybridized carbons (Fsp3) is 0.846. The largest absolute Gasteiger partial charge is 0.368 e. The minimum Gasteiger partial charge on any atom is -0.368 e. The van der Waals surface area contributed by atoms with E-state index in [2.05, 4.69) is 20.7 Å². The first-order valence-corrected chi connectivity index (χ1v) is 7.55. The second-order valence-electron chi connectivity index (χ2n) is 5.70. The summed E-state index contributed by atoms with van der Waals surface area (Å²) in [4.78, 5) is 16.1. The van der Waals surface area contributed by atoms with E-state index in [0.717, 1.165) is 13.1 Å². The van der Waals surface area contributed by atoms with Gasteiger partial charge in [0.15, 0.2) is 0 Å². The minimum atomic E-state index is -0.719. The summed E-state index contributed by atoms with van der Waals surface area (Å²) < 4.78 is 11.3. The number of methoxy groups -OCH3 is 1. The highest BCUT2D eigenvalue weighted by atomic mass is 16.5. The SMILES string of the molecule is COC1(C(=O)N2CCOC(c3nnn(C)n3)C2)CCNCC1. The van der Waals surface area contributed by atoms with Gasteiger partial charge in [0.1, 0.15) is 11.7 Å². The number of hydrogen-bond acceptors (Lipinski definition) is 7. The number of amides is 1. The van der Waals surface area contributed by atoms with Crippen molar-refractivity contribution in [1.82, 2.24) is 30.4 Å². The zero-order valence-corrected chi connectivity index (χ0v) is 13.0. The number of tetrazole rings is 1. The molecule has 1 amide bonds. The van der Waals surface area contributed by atoms with Crippen LogP contribution in [0.25, 0.3) is 0 Å². The Morgan fingerprint density at radius 3 is 2.86 bits per heavy atom. The third-order valence-electron chi connectivity index (χ3n) is 4.36. The summed E-state index contributed by atoms with van der Waals surface area (Å²) in [7, 11) is 3.32. The van der Waals surface area contributed by atoms with E-state index in [1.165, 1.54) is 4.80 Å². The molecule has 2 saturated heterocycles. The van der Waals surface area contributed by atoms with Crippen LogP contribution in [-0.4, -0.2) is 76.5 Å². The number of morpholine rings is 1. The lowest BCUT2D eigenvalue weighted by molar-refractivity contribution is -0.165. The Kier molecular flexibility index (Phi) is 4.37. The zero-order chi connectivity index (χ0) is 15.6. The highest BCUT2D eigenvalue weighted by molar-refractivity contribution is 5.85. The van der Waals surface area contributed by atoms with Crippen LogP contribution in [0.5, 0.6) is 0 Å². The van der Waals surface area contributed by atoms with E-state index in [-0.39, 0.29) is 12.0 Å². The van der Waals surface area contributed by atoms with Gasteiger partial charge in [-0.05, 0) is 31.1 Å². The molecule has 0 aromatic carbocycles. The monoisotopic (exact) mass is 310 g/mol. The first-order valence-electron chi connectivity index (χ1n) is 7.55. The van der Waals surface area contributed by atoms with Crippen LogP contribution in [0.1, 0.15) is 24.8 Å². The highest BCUT2D eigenvalue weighted by Crippen LogP contribution is 2.28. The summed E-state index contributed by atoms with van der Waals surface area (Å²) in [5, 5.41) is 15.2. The maximum absolute atomic E-state index is 12.9. The molecule has 9 heteroatoms. The number of carbonyl (C=O) groups is 1. The lowest BCUT2D eigenvalue weighted by atomic mass is 9.90. The Morgan fingerprint density at radius 1 is 1.45 bits per heavy atom. The molecule has 1 N–H and O–H groups in total. The molecule has 9 nitrogen and oxygen atoms in total. The number of aromatic nitrogens is 4. The predicted octanol–water partition coefficient (Wildman–Crippen LogP) is -1.12. The van der Waals surface area contributed by atoms with Crippen molar-refractivity contribution in [1.29, 1.82) is 0 Å². The van der Waals surface area contributed by atoms with Crippen LogP contribution in [0.3, 0.4) is 0 Å². The molecule has 3 heterocycles. The average Bonchev–Trinajstić information content (AvgIpc) is 3.01. The molecule has 0 bridgehead atoms. The van der Waals surface area contributed by atoms with E-state index < -0.39 is 5.60 Å². The molecule has 2 aliphatic heterocycles. The van der Waals surface area contributed by atoms with Crippen LogP contribution < -0.4 is 5.32 Å². The molecular formula is C13H22N6O3. The van der Waals surface area contributed by atoms with Crippen LogP contribution in [0, 0.1) is 0 Å². The van der Waals surface area contributed by atoms with E-state index in [9.17, 15) is 4.79 Å². The molecule has 122 valence electrons. The third-order valence-corrected chi connectivity index (χ3v) is 4.36. The second-order valence-corrected chi connectivity index (χ2v) is 5.70. The molecule has 1 aromatic rings. The average molecular weight is 310 g/mol. The lowest BCUT2D eigenvalue weighted by Gasteiger charge is -2.41. The molecule has 3 rings (SSSR count).